The van der Waals surface area contributed by atoms with E-state index >= 15 is 0 Å². The van der Waals surface area contributed by atoms with Gasteiger partial charge in [0.1, 0.15) is 0 Å². The summed E-state index contributed by atoms with van der Waals surface area (Å²) in [5.74, 6) is 0.142. The molecule has 0 atom stereocenters. The second-order valence-corrected chi connectivity index (χ2v) is 6.67. The molecule has 2 aromatic rings. The minimum atomic E-state index is 0.142. The number of piperidine rings is 1. The zero-order valence-electron chi connectivity index (χ0n) is 12.2. The van der Waals surface area contributed by atoms with Gasteiger partial charge in [-0.3, -0.25) is 4.79 Å². The van der Waals surface area contributed by atoms with Crippen molar-refractivity contribution in [2.24, 2.45) is 0 Å². The maximum absolute atomic E-state index is 12.2. The van der Waals surface area contributed by atoms with Gasteiger partial charge >= 0.3 is 0 Å². The molecule has 112 valence electrons. The van der Waals surface area contributed by atoms with Crippen LogP contribution in [0.4, 0.5) is 11.4 Å². The van der Waals surface area contributed by atoms with Crippen LogP contribution in [0.15, 0.2) is 12.1 Å². The summed E-state index contributed by atoms with van der Waals surface area (Å²) in [5, 5.41) is 4.18. The van der Waals surface area contributed by atoms with E-state index in [4.69, 9.17) is 5.73 Å². The van der Waals surface area contributed by atoms with Crippen molar-refractivity contribution in [2.75, 3.05) is 30.7 Å². The van der Waals surface area contributed by atoms with E-state index in [1.165, 1.54) is 6.42 Å². The fourth-order valence-corrected chi connectivity index (χ4v) is 3.54. The molecular formula is C15H20N4OS. The topological polar surface area (TPSA) is 71.2 Å². The van der Waals surface area contributed by atoms with E-state index in [0.717, 1.165) is 46.8 Å². The van der Waals surface area contributed by atoms with Crippen molar-refractivity contribution in [1.82, 2.24) is 9.88 Å². The number of hydrogen-bond donors (Lipinski definition) is 2. The second-order valence-electron chi connectivity index (χ2n) is 5.44. The fourth-order valence-electron chi connectivity index (χ4n) is 2.68. The molecule has 1 fully saturated rings. The lowest BCUT2D eigenvalue weighted by Gasteiger charge is -2.27. The third kappa shape index (κ3) is 3.10. The molecule has 1 aromatic heterocycles. The van der Waals surface area contributed by atoms with Crippen molar-refractivity contribution in [3.8, 4) is 0 Å². The predicted octanol–water partition coefficient (Wildman–Crippen LogP) is 2.61. The summed E-state index contributed by atoms with van der Waals surface area (Å²) in [4.78, 5) is 18.5. The van der Waals surface area contributed by atoms with Gasteiger partial charge < -0.3 is 16.0 Å². The Morgan fingerprint density at radius 1 is 1.38 bits per heavy atom. The van der Waals surface area contributed by atoms with Crippen molar-refractivity contribution < 1.29 is 4.79 Å². The zero-order chi connectivity index (χ0) is 14.8. The van der Waals surface area contributed by atoms with Gasteiger partial charge in [0.25, 0.3) is 0 Å². The Hall–Kier alpha value is -1.82. The van der Waals surface area contributed by atoms with E-state index in [-0.39, 0.29) is 5.91 Å². The minimum Gasteiger partial charge on any atom is -0.397 e. The number of nitrogens with two attached hydrogens (primary N) is 1. The fraction of sp³-hybridized carbons (Fsp3) is 0.467. The molecule has 1 saturated heterocycles. The van der Waals surface area contributed by atoms with Crippen LogP contribution in [0.5, 0.6) is 0 Å². The number of carbonyl (C=O) groups is 1. The number of anilines is 2. The molecule has 1 amide bonds. The molecule has 1 aliphatic heterocycles. The third-order valence-corrected chi connectivity index (χ3v) is 4.74. The van der Waals surface area contributed by atoms with Gasteiger partial charge in [0, 0.05) is 13.1 Å². The molecule has 0 unspecified atom stereocenters. The van der Waals surface area contributed by atoms with Crippen molar-refractivity contribution in [3.63, 3.8) is 0 Å². The number of benzene rings is 1. The molecule has 2 heterocycles. The van der Waals surface area contributed by atoms with Gasteiger partial charge in [0.15, 0.2) is 0 Å². The van der Waals surface area contributed by atoms with E-state index < -0.39 is 0 Å². The largest absolute Gasteiger partial charge is 0.397 e. The molecule has 3 rings (SSSR count). The number of aromatic nitrogens is 1. The Labute approximate surface area is 128 Å². The quantitative estimate of drug-likeness (QED) is 0.855. The van der Waals surface area contributed by atoms with Crippen molar-refractivity contribution in [3.05, 3.63) is 17.1 Å². The van der Waals surface area contributed by atoms with Gasteiger partial charge in [0.2, 0.25) is 5.91 Å². The van der Waals surface area contributed by atoms with Crippen LogP contribution in [-0.4, -0.2) is 35.4 Å². The highest BCUT2D eigenvalue weighted by Crippen LogP contribution is 2.29. The molecule has 6 heteroatoms. The summed E-state index contributed by atoms with van der Waals surface area (Å²) in [5.41, 5.74) is 8.44. The first kappa shape index (κ1) is 14.1. The summed E-state index contributed by atoms with van der Waals surface area (Å²) in [7, 11) is 0. The number of fused-ring (bicyclic) bond motifs is 1. The van der Waals surface area contributed by atoms with Crippen LogP contribution < -0.4 is 11.1 Å². The van der Waals surface area contributed by atoms with Crippen LogP contribution >= 0.6 is 11.3 Å². The Balaban J connectivity index is 1.69. The highest BCUT2D eigenvalue weighted by Gasteiger charge is 2.16. The normalized spacial score (nSPS) is 15.4. The van der Waals surface area contributed by atoms with Gasteiger partial charge in [-0.05, 0) is 38.3 Å². The Kier molecular flexibility index (Phi) is 3.96. The summed E-state index contributed by atoms with van der Waals surface area (Å²) in [6.07, 6.45) is 3.44. The summed E-state index contributed by atoms with van der Waals surface area (Å²) in [6.45, 7) is 4.02. The molecular weight excluding hydrogens is 284 g/mol. The molecule has 1 aliphatic rings. The van der Waals surface area contributed by atoms with Crippen molar-refractivity contribution in [1.29, 1.82) is 0 Å². The average Bonchev–Trinajstić information content (AvgIpc) is 2.84. The number of likely N-dealkylation sites (tertiary alicyclic amines) is 1. The van der Waals surface area contributed by atoms with Gasteiger partial charge in [-0.1, -0.05) is 0 Å². The van der Waals surface area contributed by atoms with Crippen LogP contribution in [0, 0.1) is 6.92 Å². The molecule has 21 heavy (non-hydrogen) atoms. The summed E-state index contributed by atoms with van der Waals surface area (Å²) < 4.78 is 1.08. The lowest BCUT2D eigenvalue weighted by Crippen LogP contribution is -2.39. The number of rotatable bonds is 3. The van der Waals surface area contributed by atoms with E-state index in [1.807, 2.05) is 24.0 Å². The van der Waals surface area contributed by atoms with Crippen LogP contribution in [0.3, 0.4) is 0 Å². The van der Waals surface area contributed by atoms with E-state index in [2.05, 4.69) is 10.3 Å². The van der Waals surface area contributed by atoms with Crippen LogP contribution in [0.2, 0.25) is 0 Å². The van der Waals surface area contributed by atoms with E-state index in [0.29, 0.717) is 12.2 Å². The van der Waals surface area contributed by atoms with Crippen LogP contribution in [-0.2, 0) is 4.79 Å². The Morgan fingerprint density at radius 2 is 2.14 bits per heavy atom. The van der Waals surface area contributed by atoms with Gasteiger partial charge in [-0.2, -0.15) is 0 Å². The summed E-state index contributed by atoms with van der Waals surface area (Å²) in [6, 6.07) is 3.85. The van der Waals surface area contributed by atoms with Crippen LogP contribution in [0.1, 0.15) is 24.3 Å². The second kappa shape index (κ2) is 5.89. The molecule has 0 radical (unpaired) electrons. The maximum Gasteiger partial charge on any atom is 0.241 e. The number of amides is 1. The lowest BCUT2D eigenvalue weighted by molar-refractivity contribution is -0.130. The van der Waals surface area contributed by atoms with Gasteiger partial charge in [0.05, 0.1) is 33.1 Å². The highest BCUT2D eigenvalue weighted by molar-refractivity contribution is 7.18. The standard InChI is InChI=1S/C15H20N4OS/c1-10-18-13-8-12(11(16)7-14(13)21-10)17-9-15(20)19-5-3-2-4-6-19/h7-8,17H,2-6,9,16H2,1H3. The summed E-state index contributed by atoms with van der Waals surface area (Å²) >= 11 is 1.63. The number of carbonyl (C=O) groups excluding carboxylic acids is 1. The molecule has 0 spiro atoms. The van der Waals surface area contributed by atoms with Gasteiger partial charge in [-0.25, -0.2) is 4.98 Å². The number of thiazole rings is 1. The molecule has 5 nitrogen and oxygen atoms in total. The number of nitrogen functional groups attached to an aromatic ring is 1. The lowest BCUT2D eigenvalue weighted by atomic mass is 10.1. The number of hydrogen-bond acceptors (Lipinski definition) is 5. The molecule has 3 N–H and O–H groups in total. The molecule has 0 saturated carbocycles. The first-order chi connectivity index (χ1) is 10.1. The molecule has 0 aliphatic carbocycles. The Morgan fingerprint density at radius 3 is 2.90 bits per heavy atom. The first-order valence-corrected chi connectivity index (χ1v) is 8.13. The highest BCUT2D eigenvalue weighted by atomic mass is 32.1. The SMILES string of the molecule is Cc1nc2cc(NCC(=O)N3CCCCC3)c(N)cc2s1. The predicted molar refractivity (Wildman–Crippen MR) is 87.7 cm³/mol. The monoisotopic (exact) mass is 304 g/mol. The number of aryl methyl sites for hydroxylation is 1. The average molecular weight is 304 g/mol. The maximum atomic E-state index is 12.2. The number of nitrogens with zero attached hydrogens (tertiary/aromatic N) is 2. The van der Waals surface area contributed by atoms with E-state index in [9.17, 15) is 4.79 Å². The first-order valence-electron chi connectivity index (χ1n) is 7.32. The Bertz CT molecular complexity index is 661. The van der Waals surface area contributed by atoms with Crippen LogP contribution in [0.25, 0.3) is 10.2 Å². The smallest absolute Gasteiger partial charge is 0.241 e. The van der Waals surface area contributed by atoms with E-state index in [1.54, 1.807) is 11.3 Å². The molecule has 0 bridgehead atoms. The number of nitrogens with one attached hydrogen (secondary N) is 1. The molecule has 1 aromatic carbocycles. The zero-order valence-corrected chi connectivity index (χ0v) is 13.0. The minimum absolute atomic E-state index is 0.142. The third-order valence-electron chi connectivity index (χ3n) is 3.81. The van der Waals surface area contributed by atoms with Gasteiger partial charge in [-0.15, -0.1) is 11.3 Å². The van der Waals surface area contributed by atoms with Crippen molar-refractivity contribution in [2.45, 2.75) is 26.2 Å². The van der Waals surface area contributed by atoms with Crippen molar-refractivity contribution >= 4 is 38.8 Å².